The van der Waals surface area contributed by atoms with Gasteiger partial charge in [0.2, 0.25) is 0 Å². The predicted octanol–water partition coefficient (Wildman–Crippen LogP) is -0.602. The van der Waals surface area contributed by atoms with Crippen molar-refractivity contribution in [2.75, 3.05) is 7.05 Å². The van der Waals surface area contributed by atoms with Crippen molar-refractivity contribution in [1.82, 2.24) is 14.9 Å². The Morgan fingerprint density at radius 3 is 3.08 bits per heavy atom. The van der Waals surface area contributed by atoms with Crippen LogP contribution in [0.5, 0.6) is 0 Å². The second kappa shape index (κ2) is 3.70. The topological polar surface area (TPSA) is 85.3 Å². The molecule has 0 saturated carbocycles. The van der Waals surface area contributed by atoms with Gasteiger partial charge in [-0.1, -0.05) is 0 Å². The summed E-state index contributed by atoms with van der Waals surface area (Å²) >= 11 is 0. The Morgan fingerprint density at radius 1 is 1.85 bits per heavy atom. The van der Waals surface area contributed by atoms with Crippen LogP contribution in [0.15, 0.2) is 11.3 Å². The fourth-order valence-corrected chi connectivity index (χ4v) is 0.831. The highest BCUT2D eigenvalue weighted by Gasteiger charge is 2.06. The van der Waals surface area contributed by atoms with Crippen LogP contribution in [0.1, 0.15) is 10.5 Å². The van der Waals surface area contributed by atoms with Crippen LogP contribution in [-0.4, -0.2) is 28.8 Å². The van der Waals surface area contributed by atoms with E-state index in [0.29, 0.717) is 12.1 Å². The molecule has 1 heterocycles. The standard InChI is InChI=1S/C7H11N5O/c1-9-7(8)11-6-5(3-13)10-4-12(6)2/h3-4H,1-2H3,(H3,8,9,11). The van der Waals surface area contributed by atoms with E-state index in [-0.39, 0.29) is 11.7 Å². The fraction of sp³-hybridized carbons (Fsp3) is 0.286. The lowest BCUT2D eigenvalue weighted by molar-refractivity contribution is 0.112. The van der Waals surface area contributed by atoms with Gasteiger partial charge in [0.1, 0.15) is 5.69 Å². The number of aldehydes is 1. The maximum Gasteiger partial charge on any atom is 0.195 e. The first kappa shape index (κ1) is 9.24. The van der Waals surface area contributed by atoms with E-state index in [4.69, 9.17) is 5.73 Å². The third-order valence-corrected chi connectivity index (χ3v) is 1.53. The lowest BCUT2D eigenvalue weighted by atomic mass is 10.5. The van der Waals surface area contributed by atoms with Crippen LogP contribution in [-0.2, 0) is 7.05 Å². The summed E-state index contributed by atoms with van der Waals surface area (Å²) in [5.74, 6) is 0.688. The number of aromatic nitrogens is 2. The summed E-state index contributed by atoms with van der Waals surface area (Å²) < 4.78 is 1.62. The predicted molar refractivity (Wildman–Crippen MR) is 48.9 cm³/mol. The van der Waals surface area contributed by atoms with Gasteiger partial charge < -0.3 is 15.6 Å². The van der Waals surface area contributed by atoms with E-state index in [1.54, 1.807) is 18.7 Å². The molecule has 0 aliphatic heterocycles. The zero-order chi connectivity index (χ0) is 9.84. The van der Waals surface area contributed by atoms with Crippen LogP contribution in [0.2, 0.25) is 0 Å². The molecule has 0 bridgehead atoms. The van der Waals surface area contributed by atoms with Gasteiger partial charge in [-0.05, 0) is 0 Å². The molecule has 0 aliphatic rings. The number of imidazole rings is 1. The molecule has 0 unspecified atom stereocenters. The molecule has 3 N–H and O–H groups in total. The Labute approximate surface area is 75.5 Å². The van der Waals surface area contributed by atoms with Gasteiger partial charge in [-0.15, -0.1) is 0 Å². The maximum absolute atomic E-state index is 10.5. The number of hydrogen-bond acceptors (Lipinski definition) is 3. The molecule has 70 valence electrons. The van der Waals surface area contributed by atoms with Gasteiger partial charge in [-0.3, -0.25) is 4.79 Å². The molecule has 0 aromatic carbocycles. The normalized spacial score (nSPS) is 11.4. The summed E-state index contributed by atoms with van der Waals surface area (Å²) in [7, 11) is 3.39. The molecule has 6 heteroatoms. The second-order valence-corrected chi connectivity index (χ2v) is 2.43. The lowest BCUT2D eigenvalue weighted by Gasteiger charge is -1.99. The average molecular weight is 181 g/mol. The minimum Gasteiger partial charge on any atom is -0.370 e. The summed E-state index contributed by atoms with van der Waals surface area (Å²) in [6.07, 6.45) is 2.15. The highest BCUT2D eigenvalue weighted by molar-refractivity contribution is 5.85. The number of rotatable bonds is 2. The molecule has 1 aromatic rings. The maximum atomic E-state index is 10.5. The van der Waals surface area contributed by atoms with Crippen molar-refractivity contribution in [2.24, 2.45) is 17.8 Å². The molecule has 13 heavy (non-hydrogen) atoms. The van der Waals surface area contributed by atoms with Crippen molar-refractivity contribution in [3.63, 3.8) is 0 Å². The summed E-state index contributed by atoms with van der Waals surface area (Å²) in [6.45, 7) is 0. The molecule has 0 saturated heterocycles. The van der Waals surface area contributed by atoms with E-state index < -0.39 is 0 Å². The van der Waals surface area contributed by atoms with Crippen LogP contribution < -0.4 is 11.1 Å². The van der Waals surface area contributed by atoms with E-state index in [2.05, 4.69) is 15.3 Å². The highest BCUT2D eigenvalue weighted by Crippen LogP contribution is 2.13. The number of nitrogens with two attached hydrogens (primary N) is 1. The van der Waals surface area contributed by atoms with Gasteiger partial charge in [-0.2, -0.15) is 4.99 Å². The van der Waals surface area contributed by atoms with Crippen molar-refractivity contribution in [3.05, 3.63) is 12.0 Å². The molecule has 0 fully saturated rings. The van der Waals surface area contributed by atoms with Crippen molar-refractivity contribution in [3.8, 4) is 0 Å². The summed E-state index contributed by atoms with van der Waals surface area (Å²) in [4.78, 5) is 18.3. The zero-order valence-electron chi connectivity index (χ0n) is 7.48. The molecule has 1 aromatic heterocycles. The van der Waals surface area contributed by atoms with E-state index >= 15 is 0 Å². The molecule has 1 rings (SSSR count). The van der Waals surface area contributed by atoms with E-state index in [1.165, 1.54) is 6.33 Å². The Hall–Kier alpha value is -1.85. The van der Waals surface area contributed by atoms with Crippen LogP contribution in [0.4, 0.5) is 5.82 Å². The monoisotopic (exact) mass is 181 g/mol. The smallest absolute Gasteiger partial charge is 0.195 e. The van der Waals surface area contributed by atoms with Gasteiger partial charge in [0.25, 0.3) is 0 Å². The molecular weight excluding hydrogens is 170 g/mol. The first-order chi connectivity index (χ1) is 6.19. The van der Waals surface area contributed by atoms with Gasteiger partial charge in [0, 0.05) is 14.1 Å². The lowest BCUT2D eigenvalue weighted by Crippen LogP contribution is -2.27. The number of nitrogens with zero attached hydrogens (tertiary/aromatic N) is 3. The number of guanidine groups is 1. The zero-order valence-corrected chi connectivity index (χ0v) is 7.48. The van der Waals surface area contributed by atoms with Crippen LogP contribution >= 0.6 is 0 Å². The van der Waals surface area contributed by atoms with Crippen LogP contribution in [0.25, 0.3) is 0 Å². The van der Waals surface area contributed by atoms with Crippen LogP contribution in [0, 0.1) is 0 Å². The van der Waals surface area contributed by atoms with Crippen molar-refractivity contribution in [2.45, 2.75) is 0 Å². The minimum atomic E-state index is 0.242. The largest absolute Gasteiger partial charge is 0.370 e. The van der Waals surface area contributed by atoms with Crippen LogP contribution in [0.3, 0.4) is 0 Å². The number of carbonyl (C=O) groups excluding carboxylic acids is 1. The molecule has 0 spiro atoms. The third kappa shape index (κ3) is 1.84. The number of carbonyl (C=O) groups is 1. The second-order valence-electron chi connectivity index (χ2n) is 2.43. The molecule has 0 aliphatic carbocycles. The molecule has 6 nitrogen and oxygen atoms in total. The van der Waals surface area contributed by atoms with E-state index in [0.717, 1.165) is 0 Å². The van der Waals surface area contributed by atoms with Gasteiger partial charge in [0.15, 0.2) is 18.1 Å². The van der Waals surface area contributed by atoms with Crippen molar-refractivity contribution >= 4 is 18.1 Å². The Kier molecular flexibility index (Phi) is 2.63. The van der Waals surface area contributed by atoms with Gasteiger partial charge >= 0.3 is 0 Å². The van der Waals surface area contributed by atoms with Gasteiger partial charge in [-0.25, -0.2) is 4.98 Å². The Bertz CT molecular complexity index is 341. The Morgan fingerprint density at radius 2 is 2.54 bits per heavy atom. The van der Waals surface area contributed by atoms with Crippen molar-refractivity contribution in [1.29, 1.82) is 0 Å². The van der Waals surface area contributed by atoms with Gasteiger partial charge in [0.05, 0.1) is 6.33 Å². The van der Waals surface area contributed by atoms with E-state index in [9.17, 15) is 4.79 Å². The summed E-state index contributed by atoms with van der Waals surface area (Å²) in [6, 6.07) is 0. The molecular formula is C7H11N5O. The SMILES string of the molecule is CN/C(N)=N\c1c(C=O)ncn1C. The number of aryl methyl sites for hydroxylation is 1. The summed E-state index contributed by atoms with van der Waals surface area (Å²) in [5, 5.41) is 2.65. The molecule has 0 amide bonds. The minimum absolute atomic E-state index is 0.242. The highest BCUT2D eigenvalue weighted by atomic mass is 16.1. The van der Waals surface area contributed by atoms with E-state index in [1.807, 2.05) is 0 Å². The molecule has 0 atom stereocenters. The van der Waals surface area contributed by atoms with Crippen molar-refractivity contribution < 1.29 is 4.79 Å². The number of hydrogen-bond donors (Lipinski definition) is 2. The first-order valence-corrected chi connectivity index (χ1v) is 3.67. The third-order valence-electron chi connectivity index (χ3n) is 1.53. The molecule has 0 radical (unpaired) electrons. The summed E-state index contributed by atoms with van der Waals surface area (Å²) in [5.41, 5.74) is 5.72. The quantitative estimate of drug-likeness (QED) is 0.362. The number of nitrogens with one attached hydrogen (secondary N) is 1. The number of aliphatic imine (C=N–C) groups is 1. The Balaban J connectivity index is 3.11. The average Bonchev–Trinajstić information content (AvgIpc) is 2.48. The first-order valence-electron chi connectivity index (χ1n) is 3.67. The fourth-order valence-electron chi connectivity index (χ4n) is 0.831.